The molecule has 1 aromatic rings. The van der Waals surface area contributed by atoms with Crippen LogP contribution >= 0.6 is 0 Å². The van der Waals surface area contributed by atoms with Crippen LogP contribution in [0.4, 0.5) is 5.69 Å². The molecule has 0 heterocycles. The lowest BCUT2D eigenvalue weighted by atomic mass is 10.1. The van der Waals surface area contributed by atoms with Gasteiger partial charge in [0.05, 0.1) is 12.8 Å². The van der Waals surface area contributed by atoms with Crippen molar-refractivity contribution < 1.29 is 14.6 Å². The van der Waals surface area contributed by atoms with Gasteiger partial charge in [-0.25, -0.2) is 0 Å². The van der Waals surface area contributed by atoms with Gasteiger partial charge in [0.15, 0.2) is 0 Å². The maximum Gasteiger partial charge on any atom is 0.303 e. The van der Waals surface area contributed by atoms with Crippen LogP contribution in [0.25, 0.3) is 0 Å². The van der Waals surface area contributed by atoms with Crippen LogP contribution in [-0.4, -0.2) is 24.2 Å². The zero-order valence-corrected chi connectivity index (χ0v) is 10.5. The van der Waals surface area contributed by atoms with Crippen molar-refractivity contribution in [3.8, 4) is 5.75 Å². The monoisotopic (exact) mass is 237 g/mol. The molecule has 4 nitrogen and oxygen atoms in total. The minimum absolute atomic E-state index is 0.0989. The van der Waals surface area contributed by atoms with Crippen molar-refractivity contribution in [2.75, 3.05) is 12.4 Å². The molecule has 2 N–H and O–H groups in total. The highest BCUT2D eigenvalue weighted by atomic mass is 16.5. The van der Waals surface area contributed by atoms with Gasteiger partial charge in [0.2, 0.25) is 0 Å². The maximum atomic E-state index is 10.5. The Morgan fingerprint density at radius 3 is 2.82 bits per heavy atom. The number of aryl methyl sites for hydroxylation is 1. The van der Waals surface area contributed by atoms with Gasteiger partial charge in [-0.1, -0.05) is 6.07 Å². The first-order valence-corrected chi connectivity index (χ1v) is 5.66. The van der Waals surface area contributed by atoms with E-state index in [1.165, 1.54) is 0 Å². The van der Waals surface area contributed by atoms with Crippen molar-refractivity contribution in [2.45, 2.75) is 32.7 Å². The van der Waals surface area contributed by atoms with Gasteiger partial charge in [0, 0.05) is 12.5 Å². The van der Waals surface area contributed by atoms with Gasteiger partial charge in [-0.2, -0.15) is 0 Å². The Kier molecular flexibility index (Phi) is 4.82. The number of hydrogen-bond donors (Lipinski definition) is 2. The first kappa shape index (κ1) is 13.4. The van der Waals surface area contributed by atoms with E-state index in [9.17, 15) is 4.79 Å². The highest BCUT2D eigenvalue weighted by Gasteiger charge is 2.08. The molecule has 0 amide bonds. The summed E-state index contributed by atoms with van der Waals surface area (Å²) in [6.07, 6.45) is 0.759. The van der Waals surface area contributed by atoms with Crippen molar-refractivity contribution in [3.05, 3.63) is 23.8 Å². The summed E-state index contributed by atoms with van der Waals surface area (Å²) in [4.78, 5) is 10.5. The third kappa shape index (κ3) is 4.34. The number of carbonyl (C=O) groups is 1. The molecule has 17 heavy (non-hydrogen) atoms. The first-order valence-electron chi connectivity index (χ1n) is 5.66. The predicted molar refractivity (Wildman–Crippen MR) is 67.7 cm³/mol. The summed E-state index contributed by atoms with van der Waals surface area (Å²) in [5.41, 5.74) is 2.05. The first-order chi connectivity index (χ1) is 8.02. The van der Waals surface area contributed by atoms with Gasteiger partial charge in [0.1, 0.15) is 5.75 Å². The molecule has 0 fully saturated rings. The minimum atomic E-state index is -0.769. The lowest BCUT2D eigenvalue weighted by Gasteiger charge is -2.17. The Morgan fingerprint density at radius 2 is 2.24 bits per heavy atom. The molecule has 1 rings (SSSR count). The summed E-state index contributed by atoms with van der Waals surface area (Å²) in [7, 11) is 1.62. The van der Waals surface area contributed by atoms with E-state index in [2.05, 4.69) is 5.32 Å². The fourth-order valence-corrected chi connectivity index (χ4v) is 1.61. The third-order valence-electron chi connectivity index (χ3n) is 2.55. The van der Waals surface area contributed by atoms with Crippen LogP contribution in [0, 0.1) is 6.92 Å². The van der Waals surface area contributed by atoms with E-state index < -0.39 is 5.97 Å². The molecule has 0 aliphatic rings. The molecule has 0 spiro atoms. The molecule has 0 bridgehead atoms. The molecule has 4 heteroatoms. The van der Waals surface area contributed by atoms with E-state index >= 15 is 0 Å². The van der Waals surface area contributed by atoms with Gasteiger partial charge in [-0.3, -0.25) is 4.79 Å². The Labute approximate surface area is 102 Å². The zero-order valence-electron chi connectivity index (χ0n) is 10.5. The largest absolute Gasteiger partial charge is 0.495 e. The van der Waals surface area contributed by atoms with Crippen LogP contribution < -0.4 is 10.1 Å². The number of rotatable bonds is 6. The summed E-state index contributed by atoms with van der Waals surface area (Å²) in [5.74, 6) is 0.00707. The number of carboxylic acid groups (broad SMARTS) is 1. The number of methoxy groups -OCH3 is 1. The Morgan fingerprint density at radius 1 is 1.53 bits per heavy atom. The van der Waals surface area contributed by atoms with Crippen molar-refractivity contribution in [1.29, 1.82) is 0 Å². The second-order valence-corrected chi connectivity index (χ2v) is 4.18. The van der Waals surface area contributed by atoms with E-state index in [4.69, 9.17) is 9.84 Å². The molecule has 0 radical (unpaired) electrons. The summed E-state index contributed by atoms with van der Waals surface area (Å²) < 4.78 is 5.25. The van der Waals surface area contributed by atoms with E-state index in [0.717, 1.165) is 17.0 Å². The summed E-state index contributed by atoms with van der Waals surface area (Å²) in [6, 6.07) is 5.98. The molecule has 0 aliphatic heterocycles. The predicted octanol–water partition coefficient (Wildman–Crippen LogP) is 2.67. The topological polar surface area (TPSA) is 58.6 Å². The SMILES string of the molecule is COc1ccc(C)cc1NC(C)CCC(=O)O. The Bertz CT molecular complexity index is 390. The Hall–Kier alpha value is -1.71. The number of aliphatic carboxylic acids is 1. The van der Waals surface area contributed by atoms with E-state index in [0.29, 0.717) is 6.42 Å². The van der Waals surface area contributed by atoms with Crippen LogP contribution in [0.15, 0.2) is 18.2 Å². The molecule has 1 atom stereocenters. The van der Waals surface area contributed by atoms with Gasteiger partial charge in [-0.05, 0) is 38.0 Å². The molecule has 94 valence electrons. The normalized spacial score (nSPS) is 11.9. The summed E-state index contributed by atoms with van der Waals surface area (Å²) in [6.45, 7) is 3.97. The second-order valence-electron chi connectivity index (χ2n) is 4.18. The molecular formula is C13H19NO3. The van der Waals surface area contributed by atoms with Crippen molar-refractivity contribution >= 4 is 11.7 Å². The van der Waals surface area contributed by atoms with Gasteiger partial charge in [0.25, 0.3) is 0 Å². The number of nitrogens with one attached hydrogen (secondary N) is 1. The smallest absolute Gasteiger partial charge is 0.303 e. The van der Waals surface area contributed by atoms with Gasteiger partial charge in [-0.15, -0.1) is 0 Å². The summed E-state index contributed by atoms with van der Waals surface area (Å²) in [5, 5.41) is 11.9. The quantitative estimate of drug-likeness (QED) is 0.798. The molecule has 0 aliphatic carbocycles. The highest BCUT2D eigenvalue weighted by molar-refractivity contribution is 5.67. The molecule has 0 saturated heterocycles. The number of benzene rings is 1. The number of ether oxygens (including phenoxy) is 1. The average molecular weight is 237 g/mol. The number of hydrogen-bond acceptors (Lipinski definition) is 3. The maximum absolute atomic E-state index is 10.5. The molecule has 1 unspecified atom stereocenters. The van der Waals surface area contributed by atoms with E-state index in [1.807, 2.05) is 32.0 Å². The van der Waals surface area contributed by atoms with Gasteiger partial charge < -0.3 is 15.2 Å². The molecule has 0 aromatic heterocycles. The molecule has 0 saturated carbocycles. The molecule has 1 aromatic carbocycles. The van der Waals surface area contributed by atoms with E-state index in [-0.39, 0.29) is 12.5 Å². The van der Waals surface area contributed by atoms with Crippen LogP contribution in [-0.2, 0) is 4.79 Å². The highest BCUT2D eigenvalue weighted by Crippen LogP contribution is 2.26. The Balaban J connectivity index is 2.66. The standard InChI is InChI=1S/C13H19NO3/c1-9-4-6-12(17-3)11(8-9)14-10(2)5-7-13(15)16/h4,6,8,10,14H,5,7H2,1-3H3,(H,15,16). The van der Waals surface area contributed by atoms with Gasteiger partial charge >= 0.3 is 5.97 Å². The lowest BCUT2D eigenvalue weighted by molar-refractivity contribution is -0.137. The van der Waals surface area contributed by atoms with Crippen LogP contribution in [0.1, 0.15) is 25.3 Å². The number of anilines is 1. The van der Waals surface area contributed by atoms with Crippen LogP contribution in [0.3, 0.4) is 0 Å². The fourth-order valence-electron chi connectivity index (χ4n) is 1.61. The fraction of sp³-hybridized carbons (Fsp3) is 0.462. The lowest BCUT2D eigenvalue weighted by Crippen LogP contribution is -2.17. The molecular weight excluding hydrogens is 218 g/mol. The summed E-state index contributed by atoms with van der Waals surface area (Å²) >= 11 is 0. The van der Waals surface area contributed by atoms with Crippen molar-refractivity contribution in [1.82, 2.24) is 0 Å². The number of carboxylic acids is 1. The second kappa shape index (κ2) is 6.13. The van der Waals surface area contributed by atoms with Crippen LogP contribution in [0.5, 0.6) is 5.75 Å². The third-order valence-corrected chi connectivity index (χ3v) is 2.55. The van der Waals surface area contributed by atoms with Crippen molar-refractivity contribution in [2.24, 2.45) is 0 Å². The van der Waals surface area contributed by atoms with Crippen molar-refractivity contribution in [3.63, 3.8) is 0 Å². The zero-order chi connectivity index (χ0) is 12.8. The average Bonchev–Trinajstić information content (AvgIpc) is 2.27. The van der Waals surface area contributed by atoms with E-state index in [1.54, 1.807) is 7.11 Å². The minimum Gasteiger partial charge on any atom is -0.495 e. The van der Waals surface area contributed by atoms with Crippen LogP contribution in [0.2, 0.25) is 0 Å².